The highest BCUT2D eigenvalue weighted by molar-refractivity contribution is 5.94. The van der Waals surface area contributed by atoms with Crippen LogP contribution in [-0.2, 0) is 16.1 Å². The van der Waals surface area contributed by atoms with Crippen LogP contribution in [0.15, 0.2) is 72.8 Å². The third-order valence-electron chi connectivity index (χ3n) is 6.82. The van der Waals surface area contributed by atoms with Crippen molar-refractivity contribution in [1.29, 1.82) is 0 Å². The average molecular weight is 471 g/mol. The lowest BCUT2D eigenvalue weighted by atomic mass is 9.80. The minimum atomic E-state index is -0.816. The number of amides is 2. The van der Waals surface area contributed by atoms with Gasteiger partial charge in [0.05, 0.1) is 5.92 Å². The van der Waals surface area contributed by atoms with E-state index in [4.69, 9.17) is 9.84 Å². The first kappa shape index (κ1) is 22.7. The predicted octanol–water partition coefficient (Wildman–Crippen LogP) is 4.32. The van der Waals surface area contributed by atoms with E-state index in [1.807, 2.05) is 24.3 Å². The molecule has 3 N–H and O–H groups in total. The number of fused-ring (bicyclic) bond motifs is 3. The summed E-state index contributed by atoms with van der Waals surface area (Å²) in [5, 5.41) is 14.6. The van der Waals surface area contributed by atoms with Crippen LogP contribution in [0.5, 0.6) is 0 Å². The van der Waals surface area contributed by atoms with E-state index in [9.17, 15) is 14.4 Å². The zero-order valence-electron chi connectivity index (χ0n) is 19.1. The Hall–Kier alpha value is -4.13. The zero-order valence-corrected chi connectivity index (χ0v) is 19.1. The topological polar surface area (TPSA) is 105 Å². The largest absolute Gasteiger partial charge is 0.481 e. The van der Waals surface area contributed by atoms with E-state index in [0.717, 1.165) is 16.7 Å². The van der Waals surface area contributed by atoms with E-state index in [0.29, 0.717) is 18.4 Å². The molecule has 1 saturated carbocycles. The third-order valence-corrected chi connectivity index (χ3v) is 6.82. The molecule has 7 heteroatoms. The van der Waals surface area contributed by atoms with E-state index < -0.39 is 12.1 Å². The number of carboxylic acid groups (broad SMARTS) is 1. The van der Waals surface area contributed by atoms with Crippen LogP contribution in [0.3, 0.4) is 0 Å². The second kappa shape index (κ2) is 9.62. The van der Waals surface area contributed by atoms with Crippen molar-refractivity contribution in [1.82, 2.24) is 10.6 Å². The average Bonchev–Trinajstić information content (AvgIpc) is 3.17. The first-order valence-corrected chi connectivity index (χ1v) is 11.7. The van der Waals surface area contributed by atoms with Crippen molar-refractivity contribution in [2.75, 3.05) is 6.61 Å². The third kappa shape index (κ3) is 4.75. The summed E-state index contributed by atoms with van der Waals surface area (Å²) in [4.78, 5) is 35.6. The van der Waals surface area contributed by atoms with Gasteiger partial charge in [-0.2, -0.15) is 0 Å². The number of carbonyl (C=O) groups excluding carboxylic acids is 2. The van der Waals surface area contributed by atoms with Gasteiger partial charge in [0.25, 0.3) is 5.91 Å². The lowest BCUT2D eigenvalue weighted by Gasteiger charge is -2.32. The monoisotopic (exact) mass is 470 g/mol. The number of hydrogen-bond donors (Lipinski definition) is 3. The molecule has 178 valence electrons. The minimum Gasteiger partial charge on any atom is -0.481 e. The second-order valence-electron chi connectivity index (χ2n) is 9.05. The molecule has 2 aliphatic rings. The van der Waals surface area contributed by atoms with Gasteiger partial charge in [-0.3, -0.25) is 9.59 Å². The Morgan fingerprint density at radius 2 is 1.46 bits per heavy atom. The Morgan fingerprint density at radius 1 is 0.857 bits per heavy atom. The van der Waals surface area contributed by atoms with E-state index in [1.165, 1.54) is 11.1 Å². The number of ether oxygens (including phenoxy) is 1. The molecule has 0 bridgehead atoms. The SMILES string of the molecule is O=C(NCc1ccc(C(=O)NC2CC(C(=O)O)C2)cc1)OCC1c2ccccc2-c2ccccc21. The fourth-order valence-corrected chi connectivity index (χ4v) is 4.80. The molecule has 2 aliphatic carbocycles. The highest BCUT2D eigenvalue weighted by Crippen LogP contribution is 2.44. The van der Waals surface area contributed by atoms with Crippen molar-refractivity contribution < 1.29 is 24.2 Å². The van der Waals surface area contributed by atoms with Gasteiger partial charge >= 0.3 is 12.1 Å². The first-order chi connectivity index (χ1) is 17.0. The smallest absolute Gasteiger partial charge is 0.407 e. The summed E-state index contributed by atoms with van der Waals surface area (Å²) in [6, 6.07) is 23.2. The number of hydrogen-bond acceptors (Lipinski definition) is 4. The molecule has 5 rings (SSSR count). The van der Waals surface area contributed by atoms with Crippen LogP contribution in [-0.4, -0.2) is 35.7 Å². The number of carbonyl (C=O) groups is 3. The normalized spacial score (nSPS) is 18.1. The molecule has 0 aliphatic heterocycles. The Morgan fingerprint density at radius 3 is 2.06 bits per heavy atom. The second-order valence-corrected chi connectivity index (χ2v) is 9.05. The number of rotatable bonds is 7. The van der Waals surface area contributed by atoms with E-state index in [-0.39, 0.29) is 36.9 Å². The highest BCUT2D eigenvalue weighted by atomic mass is 16.5. The molecule has 7 nitrogen and oxygen atoms in total. The summed E-state index contributed by atoms with van der Waals surface area (Å²) >= 11 is 0. The van der Waals surface area contributed by atoms with Crippen LogP contribution in [0, 0.1) is 5.92 Å². The Balaban J connectivity index is 1.11. The number of carboxylic acids is 1. The van der Waals surface area contributed by atoms with E-state index in [1.54, 1.807) is 24.3 Å². The van der Waals surface area contributed by atoms with Crippen molar-refractivity contribution in [3.63, 3.8) is 0 Å². The lowest BCUT2D eigenvalue weighted by Crippen LogP contribution is -2.46. The quantitative estimate of drug-likeness (QED) is 0.477. The standard InChI is InChI=1S/C28H26N2O5/c31-26(30-20-13-19(14-20)27(32)33)18-11-9-17(10-12-18)15-29-28(34)35-16-25-23-7-3-1-5-21(23)22-6-2-4-8-24(22)25/h1-12,19-20,25H,13-16H2,(H,29,34)(H,30,31)(H,32,33). The molecule has 0 unspecified atom stereocenters. The summed E-state index contributed by atoms with van der Waals surface area (Å²) in [5.74, 6) is -1.40. The lowest BCUT2D eigenvalue weighted by molar-refractivity contribution is -0.145. The van der Waals surface area contributed by atoms with Crippen molar-refractivity contribution in [3.8, 4) is 11.1 Å². The molecule has 0 aromatic heterocycles. The van der Waals surface area contributed by atoms with Gasteiger partial charge in [-0.15, -0.1) is 0 Å². The summed E-state index contributed by atoms with van der Waals surface area (Å²) in [6.45, 7) is 0.532. The maximum Gasteiger partial charge on any atom is 0.407 e. The van der Waals surface area contributed by atoms with Crippen molar-refractivity contribution >= 4 is 18.0 Å². The summed E-state index contributed by atoms with van der Waals surface area (Å²) in [5.41, 5.74) is 6.02. The van der Waals surface area contributed by atoms with Crippen LogP contribution >= 0.6 is 0 Å². The minimum absolute atomic E-state index is 0.00684. The molecule has 0 heterocycles. The van der Waals surface area contributed by atoms with Crippen LogP contribution in [0.1, 0.15) is 45.8 Å². The summed E-state index contributed by atoms with van der Waals surface area (Å²) in [6.07, 6.45) is 0.429. The predicted molar refractivity (Wildman–Crippen MR) is 130 cm³/mol. The van der Waals surface area contributed by atoms with Gasteiger partial charge in [0.2, 0.25) is 0 Å². The maximum atomic E-state index is 12.4. The molecule has 3 aromatic rings. The molecule has 0 spiro atoms. The molecule has 0 radical (unpaired) electrons. The highest BCUT2D eigenvalue weighted by Gasteiger charge is 2.35. The maximum absolute atomic E-state index is 12.4. The van der Waals surface area contributed by atoms with Crippen LogP contribution < -0.4 is 10.6 Å². The van der Waals surface area contributed by atoms with Crippen molar-refractivity contribution in [2.45, 2.75) is 31.3 Å². The van der Waals surface area contributed by atoms with Crippen LogP contribution in [0.2, 0.25) is 0 Å². The van der Waals surface area contributed by atoms with Gasteiger partial charge in [-0.1, -0.05) is 60.7 Å². The summed E-state index contributed by atoms with van der Waals surface area (Å²) in [7, 11) is 0. The van der Waals surface area contributed by atoms with Gasteiger partial charge in [0.15, 0.2) is 0 Å². The van der Waals surface area contributed by atoms with Gasteiger partial charge < -0.3 is 20.5 Å². The Labute approximate surface area is 203 Å². The molecule has 35 heavy (non-hydrogen) atoms. The zero-order chi connectivity index (χ0) is 24.4. The Bertz CT molecular complexity index is 1220. The molecule has 2 amide bonds. The van der Waals surface area contributed by atoms with Crippen molar-refractivity contribution in [3.05, 3.63) is 95.1 Å². The molecule has 3 aromatic carbocycles. The van der Waals surface area contributed by atoms with Gasteiger partial charge in [0.1, 0.15) is 6.61 Å². The van der Waals surface area contributed by atoms with E-state index >= 15 is 0 Å². The fraction of sp³-hybridized carbons (Fsp3) is 0.250. The molecular formula is C28H26N2O5. The molecule has 0 saturated heterocycles. The molecule has 1 fully saturated rings. The van der Waals surface area contributed by atoms with E-state index in [2.05, 4.69) is 34.9 Å². The van der Waals surface area contributed by atoms with Crippen LogP contribution in [0.25, 0.3) is 11.1 Å². The fourth-order valence-electron chi connectivity index (χ4n) is 4.80. The first-order valence-electron chi connectivity index (χ1n) is 11.7. The Kier molecular flexibility index (Phi) is 6.23. The van der Waals surface area contributed by atoms with Crippen LogP contribution in [0.4, 0.5) is 4.79 Å². The van der Waals surface area contributed by atoms with Gasteiger partial charge in [-0.05, 0) is 52.8 Å². The van der Waals surface area contributed by atoms with Gasteiger partial charge in [-0.25, -0.2) is 4.79 Å². The van der Waals surface area contributed by atoms with Crippen molar-refractivity contribution in [2.24, 2.45) is 5.92 Å². The number of aliphatic carboxylic acids is 1. The number of alkyl carbamates (subject to hydrolysis) is 1. The van der Waals surface area contributed by atoms with Gasteiger partial charge in [0, 0.05) is 24.1 Å². The number of nitrogens with one attached hydrogen (secondary N) is 2. The number of benzene rings is 3. The molecule has 0 atom stereocenters. The summed E-state index contributed by atoms with van der Waals surface area (Å²) < 4.78 is 5.56. The molecular weight excluding hydrogens is 444 g/mol.